The SMILES string of the molecule is COc1cc2ccnc3c2c(c1O)C(=O)c1ccccc1-3. The summed E-state index contributed by atoms with van der Waals surface area (Å²) in [7, 11) is 1.47. The number of phenolic OH excluding ortho intramolecular Hbond substituents is 1. The fourth-order valence-electron chi connectivity index (χ4n) is 2.91. The molecule has 0 unspecified atom stereocenters. The smallest absolute Gasteiger partial charge is 0.198 e. The molecule has 0 atom stereocenters. The summed E-state index contributed by atoms with van der Waals surface area (Å²) in [5, 5.41) is 11.9. The monoisotopic (exact) mass is 277 g/mol. The molecule has 1 aromatic heterocycles. The lowest BCUT2D eigenvalue weighted by Gasteiger charge is -2.20. The molecular weight excluding hydrogens is 266 g/mol. The van der Waals surface area contributed by atoms with Crippen molar-refractivity contribution < 1.29 is 14.6 Å². The van der Waals surface area contributed by atoms with Crippen molar-refractivity contribution in [2.24, 2.45) is 0 Å². The normalized spacial score (nSPS) is 12.3. The van der Waals surface area contributed by atoms with Crippen molar-refractivity contribution in [3.63, 3.8) is 0 Å². The van der Waals surface area contributed by atoms with E-state index in [1.54, 1.807) is 24.4 Å². The minimum absolute atomic E-state index is 0.126. The van der Waals surface area contributed by atoms with E-state index < -0.39 is 0 Å². The number of rotatable bonds is 1. The summed E-state index contributed by atoms with van der Waals surface area (Å²) < 4.78 is 5.17. The Labute approximate surface area is 120 Å². The lowest BCUT2D eigenvalue weighted by atomic mass is 9.85. The summed E-state index contributed by atoms with van der Waals surface area (Å²) in [6.07, 6.45) is 1.70. The molecule has 4 nitrogen and oxygen atoms in total. The molecule has 4 rings (SSSR count). The van der Waals surface area contributed by atoms with Crippen molar-refractivity contribution in [2.75, 3.05) is 7.11 Å². The molecule has 1 aliphatic rings. The molecule has 1 aliphatic carbocycles. The maximum atomic E-state index is 12.7. The molecule has 1 heterocycles. The maximum Gasteiger partial charge on any atom is 0.198 e. The minimum atomic E-state index is -0.201. The third-order valence-electron chi connectivity index (χ3n) is 3.86. The molecule has 2 aromatic carbocycles. The fourth-order valence-corrected chi connectivity index (χ4v) is 2.91. The molecule has 0 saturated carbocycles. The van der Waals surface area contributed by atoms with E-state index in [2.05, 4.69) is 4.98 Å². The van der Waals surface area contributed by atoms with Crippen molar-refractivity contribution in [2.45, 2.75) is 0 Å². The van der Waals surface area contributed by atoms with Crippen LogP contribution in [0, 0.1) is 0 Å². The molecule has 4 heteroatoms. The predicted molar refractivity (Wildman–Crippen MR) is 78.8 cm³/mol. The second kappa shape index (κ2) is 4.06. The van der Waals surface area contributed by atoms with Crippen LogP contribution < -0.4 is 4.74 Å². The third kappa shape index (κ3) is 1.44. The first-order valence-electron chi connectivity index (χ1n) is 6.55. The number of hydrogen-bond donors (Lipinski definition) is 1. The third-order valence-corrected chi connectivity index (χ3v) is 3.86. The molecule has 0 spiro atoms. The van der Waals surface area contributed by atoms with Crippen LogP contribution in [0.5, 0.6) is 11.5 Å². The average molecular weight is 277 g/mol. The van der Waals surface area contributed by atoms with E-state index in [4.69, 9.17) is 4.74 Å². The Morgan fingerprint density at radius 1 is 1.14 bits per heavy atom. The molecule has 0 fully saturated rings. The number of phenols is 1. The Bertz CT molecular complexity index is 915. The predicted octanol–water partition coefficient (Wildman–Crippen LogP) is 3.16. The van der Waals surface area contributed by atoms with Gasteiger partial charge in [0.05, 0.1) is 18.4 Å². The lowest BCUT2D eigenvalue weighted by Crippen LogP contribution is -2.11. The van der Waals surface area contributed by atoms with Crippen LogP contribution in [-0.4, -0.2) is 23.0 Å². The fraction of sp³-hybridized carbons (Fsp3) is 0.0588. The topological polar surface area (TPSA) is 59.4 Å². The highest BCUT2D eigenvalue weighted by atomic mass is 16.5. The van der Waals surface area contributed by atoms with Gasteiger partial charge in [0, 0.05) is 22.7 Å². The number of hydrogen-bond acceptors (Lipinski definition) is 4. The van der Waals surface area contributed by atoms with Gasteiger partial charge in [0.1, 0.15) is 0 Å². The summed E-state index contributed by atoms with van der Waals surface area (Å²) >= 11 is 0. The molecule has 102 valence electrons. The summed E-state index contributed by atoms with van der Waals surface area (Å²) in [5.74, 6) is -0.0337. The van der Waals surface area contributed by atoms with Gasteiger partial charge in [-0.15, -0.1) is 0 Å². The van der Waals surface area contributed by atoms with Crippen LogP contribution in [0.4, 0.5) is 0 Å². The summed E-state index contributed by atoms with van der Waals surface area (Å²) in [4.78, 5) is 17.1. The summed E-state index contributed by atoms with van der Waals surface area (Å²) in [6, 6.07) is 10.8. The van der Waals surface area contributed by atoms with E-state index in [-0.39, 0.29) is 17.1 Å². The van der Waals surface area contributed by atoms with E-state index in [0.29, 0.717) is 16.7 Å². The molecule has 0 radical (unpaired) electrons. The van der Waals surface area contributed by atoms with E-state index in [1.165, 1.54) is 7.11 Å². The van der Waals surface area contributed by atoms with Crippen LogP contribution in [0.1, 0.15) is 15.9 Å². The number of benzene rings is 2. The number of methoxy groups -OCH3 is 1. The number of nitrogens with zero attached hydrogens (tertiary/aromatic N) is 1. The van der Waals surface area contributed by atoms with Crippen LogP contribution >= 0.6 is 0 Å². The van der Waals surface area contributed by atoms with Crippen molar-refractivity contribution in [1.29, 1.82) is 0 Å². The van der Waals surface area contributed by atoms with Crippen LogP contribution in [-0.2, 0) is 0 Å². The van der Waals surface area contributed by atoms with Gasteiger partial charge in [-0.1, -0.05) is 24.3 Å². The van der Waals surface area contributed by atoms with Gasteiger partial charge in [0.25, 0.3) is 0 Å². The molecule has 0 aliphatic heterocycles. The molecule has 0 amide bonds. The highest BCUT2D eigenvalue weighted by molar-refractivity contribution is 6.27. The number of carbonyl (C=O) groups is 1. The highest BCUT2D eigenvalue weighted by Gasteiger charge is 2.30. The molecule has 3 aromatic rings. The van der Waals surface area contributed by atoms with Gasteiger partial charge in [-0.3, -0.25) is 9.78 Å². The van der Waals surface area contributed by atoms with Crippen LogP contribution in [0.2, 0.25) is 0 Å². The Balaban J connectivity index is 2.25. The summed E-state index contributed by atoms with van der Waals surface area (Å²) in [5.41, 5.74) is 2.33. The van der Waals surface area contributed by atoms with E-state index >= 15 is 0 Å². The molecule has 1 N–H and O–H groups in total. The maximum absolute atomic E-state index is 12.7. The van der Waals surface area contributed by atoms with Gasteiger partial charge in [-0.25, -0.2) is 0 Å². The standard InChI is InChI=1S/C17H11NO3/c1-21-12-8-9-6-7-18-15-10-4-2-3-5-11(10)16(19)14(13(9)15)17(12)20/h2-8,20H,1H3. The first-order valence-corrected chi connectivity index (χ1v) is 6.55. The second-order valence-corrected chi connectivity index (χ2v) is 4.93. The number of carbonyl (C=O) groups excluding carboxylic acids is 1. The number of pyridine rings is 1. The number of aromatic nitrogens is 1. The quantitative estimate of drug-likeness (QED) is 0.580. The van der Waals surface area contributed by atoms with Gasteiger partial charge in [0.2, 0.25) is 0 Å². The Morgan fingerprint density at radius 2 is 1.90 bits per heavy atom. The van der Waals surface area contributed by atoms with Gasteiger partial charge in [0.15, 0.2) is 17.3 Å². The number of ketones is 1. The van der Waals surface area contributed by atoms with Crippen molar-refractivity contribution in [3.05, 3.63) is 53.7 Å². The zero-order valence-corrected chi connectivity index (χ0v) is 11.3. The Kier molecular flexibility index (Phi) is 2.30. The first kappa shape index (κ1) is 11.9. The largest absolute Gasteiger partial charge is 0.504 e. The number of aromatic hydroxyl groups is 1. The van der Waals surface area contributed by atoms with E-state index in [0.717, 1.165) is 16.6 Å². The van der Waals surface area contributed by atoms with Crippen molar-refractivity contribution >= 4 is 16.6 Å². The highest BCUT2D eigenvalue weighted by Crippen LogP contribution is 2.45. The van der Waals surface area contributed by atoms with E-state index in [9.17, 15) is 9.90 Å². The zero-order chi connectivity index (χ0) is 14.6. The van der Waals surface area contributed by atoms with Gasteiger partial charge in [-0.2, -0.15) is 0 Å². The Morgan fingerprint density at radius 3 is 2.67 bits per heavy atom. The number of ether oxygens (including phenoxy) is 1. The van der Waals surface area contributed by atoms with Gasteiger partial charge < -0.3 is 9.84 Å². The summed E-state index contributed by atoms with van der Waals surface area (Å²) in [6.45, 7) is 0. The molecule has 0 bridgehead atoms. The van der Waals surface area contributed by atoms with Gasteiger partial charge >= 0.3 is 0 Å². The average Bonchev–Trinajstić information content (AvgIpc) is 2.53. The second-order valence-electron chi connectivity index (χ2n) is 4.93. The van der Waals surface area contributed by atoms with Crippen molar-refractivity contribution in [3.8, 4) is 22.8 Å². The first-order chi connectivity index (χ1) is 10.2. The number of fused-ring (bicyclic) bond motifs is 2. The minimum Gasteiger partial charge on any atom is -0.504 e. The zero-order valence-electron chi connectivity index (χ0n) is 11.3. The van der Waals surface area contributed by atoms with Crippen molar-refractivity contribution in [1.82, 2.24) is 4.98 Å². The van der Waals surface area contributed by atoms with Gasteiger partial charge in [-0.05, 0) is 17.5 Å². The van der Waals surface area contributed by atoms with Crippen LogP contribution in [0.25, 0.3) is 22.0 Å². The molecular formula is C17H11NO3. The molecule has 0 saturated heterocycles. The van der Waals surface area contributed by atoms with Crippen LogP contribution in [0.15, 0.2) is 42.6 Å². The lowest BCUT2D eigenvalue weighted by molar-refractivity contribution is 0.103. The Hall–Kier alpha value is -2.88. The van der Waals surface area contributed by atoms with Crippen LogP contribution in [0.3, 0.4) is 0 Å². The van der Waals surface area contributed by atoms with E-state index in [1.807, 2.05) is 18.2 Å². The molecule has 21 heavy (non-hydrogen) atoms.